The highest BCUT2D eigenvalue weighted by atomic mass is 19.3. The van der Waals surface area contributed by atoms with E-state index in [1.54, 1.807) is 42.6 Å². The largest absolute Gasteiger partial charge is 0.402 e. The number of rotatable bonds is 5. The SMILES string of the molecule is O=C(NC1CCC(F)(F)CC1)c1ncccc1NC(=O)c1cccc2ccccc12.O=c1oc(-c2cccc3ccccc23)nc2cccnc12. The Balaban J connectivity index is 0.000000169. The molecule has 0 unspecified atom stereocenters. The molecule has 7 aromatic rings. The van der Waals surface area contributed by atoms with E-state index in [2.05, 4.69) is 25.6 Å². The highest BCUT2D eigenvalue weighted by Crippen LogP contribution is 2.33. The Bertz CT molecular complexity index is 2450. The Morgan fingerprint density at radius 3 is 2.16 bits per heavy atom. The highest BCUT2D eigenvalue weighted by molar-refractivity contribution is 6.14. The molecule has 1 aliphatic carbocycles. The zero-order valence-corrected chi connectivity index (χ0v) is 27.2. The molecule has 1 aliphatic rings. The molecular formula is C40H31F2N5O4. The predicted molar refractivity (Wildman–Crippen MR) is 192 cm³/mol. The van der Waals surface area contributed by atoms with Crippen molar-refractivity contribution in [3.63, 3.8) is 0 Å². The van der Waals surface area contributed by atoms with Crippen LogP contribution in [-0.4, -0.2) is 38.7 Å². The first kappa shape index (κ1) is 33.2. The van der Waals surface area contributed by atoms with Crippen molar-refractivity contribution in [3.8, 4) is 11.5 Å². The molecule has 1 fully saturated rings. The lowest BCUT2D eigenvalue weighted by Crippen LogP contribution is -2.40. The van der Waals surface area contributed by atoms with E-state index in [1.165, 1.54) is 6.20 Å². The summed E-state index contributed by atoms with van der Waals surface area (Å²) in [6.45, 7) is 0. The van der Waals surface area contributed by atoms with Crippen LogP contribution in [0.5, 0.6) is 0 Å². The van der Waals surface area contributed by atoms with Crippen LogP contribution in [0.4, 0.5) is 14.5 Å². The van der Waals surface area contributed by atoms with Crippen molar-refractivity contribution in [1.82, 2.24) is 20.3 Å². The number of carbonyl (C=O) groups excluding carboxylic acids is 2. The van der Waals surface area contributed by atoms with Crippen LogP contribution in [0.1, 0.15) is 46.5 Å². The molecule has 3 heterocycles. The average Bonchev–Trinajstić information content (AvgIpc) is 3.15. The van der Waals surface area contributed by atoms with Crippen LogP contribution in [0.2, 0.25) is 0 Å². The third kappa shape index (κ3) is 7.32. The summed E-state index contributed by atoms with van der Waals surface area (Å²) < 4.78 is 32.0. The maximum absolute atomic E-state index is 13.3. The quantitative estimate of drug-likeness (QED) is 0.187. The van der Waals surface area contributed by atoms with Gasteiger partial charge in [-0.3, -0.25) is 9.59 Å². The lowest BCUT2D eigenvalue weighted by Gasteiger charge is -2.28. The summed E-state index contributed by atoms with van der Waals surface area (Å²) in [5.74, 6) is -3.19. The van der Waals surface area contributed by atoms with Gasteiger partial charge in [-0.25, -0.2) is 28.5 Å². The van der Waals surface area contributed by atoms with E-state index in [1.807, 2.05) is 72.8 Å². The first-order chi connectivity index (χ1) is 24.8. The summed E-state index contributed by atoms with van der Waals surface area (Å²) in [6, 6.07) is 33.1. The molecule has 8 rings (SSSR count). The van der Waals surface area contributed by atoms with E-state index < -0.39 is 17.5 Å². The average molecular weight is 684 g/mol. The summed E-state index contributed by atoms with van der Waals surface area (Å²) in [7, 11) is 0. The number of carbonyl (C=O) groups is 2. The van der Waals surface area contributed by atoms with Crippen LogP contribution in [0, 0.1) is 0 Å². The number of benzene rings is 4. The van der Waals surface area contributed by atoms with Crippen molar-refractivity contribution in [2.75, 3.05) is 5.32 Å². The minimum absolute atomic E-state index is 0.0587. The zero-order chi connectivity index (χ0) is 35.4. The molecule has 0 spiro atoms. The number of anilines is 1. The molecule has 0 radical (unpaired) electrons. The maximum atomic E-state index is 13.3. The van der Waals surface area contributed by atoms with Crippen molar-refractivity contribution in [3.05, 3.63) is 143 Å². The third-order valence-corrected chi connectivity index (χ3v) is 8.77. The zero-order valence-electron chi connectivity index (χ0n) is 27.2. The van der Waals surface area contributed by atoms with Crippen LogP contribution < -0.4 is 16.3 Å². The van der Waals surface area contributed by atoms with Crippen LogP contribution in [0.15, 0.2) is 131 Å². The molecule has 0 bridgehead atoms. The van der Waals surface area contributed by atoms with Crippen LogP contribution in [0.25, 0.3) is 44.0 Å². The molecule has 4 aromatic carbocycles. The van der Waals surface area contributed by atoms with Gasteiger partial charge in [0.2, 0.25) is 11.8 Å². The van der Waals surface area contributed by atoms with Crippen molar-refractivity contribution in [1.29, 1.82) is 0 Å². The van der Waals surface area contributed by atoms with E-state index in [-0.39, 0.29) is 54.5 Å². The van der Waals surface area contributed by atoms with Crippen LogP contribution in [0.3, 0.4) is 0 Å². The van der Waals surface area contributed by atoms with E-state index in [9.17, 15) is 23.2 Å². The number of nitrogens with one attached hydrogen (secondary N) is 2. The summed E-state index contributed by atoms with van der Waals surface area (Å²) in [4.78, 5) is 50.2. The molecule has 3 aromatic heterocycles. The Hall–Kier alpha value is -6.36. The predicted octanol–water partition coefficient (Wildman–Crippen LogP) is 8.20. The lowest BCUT2D eigenvalue weighted by atomic mass is 9.92. The molecule has 0 saturated heterocycles. The monoisotopic (exact) mass is 683 g/mol. The van der Waals surface area contributed by atoms with Gasteiger partial charge in [-0.05, 0) is 70.8 Å². The number of hydrogen-bond acceptors (Lipinski definition) is 7. The number of nitrogens with zero attached hydrogens (tertiary/aromatic N) is 3. The Morgan fingerprint density at radius 1 is 0.725 bits per heavy atom. The van der Waals surface area contributed by atoms with Crippen molar-refractivity contribution >= 4 is 50.1 Å². The second-order valence-electron chi connectivity index (χ2n) is 12.2. The highest BCUT2D eigenvalue weighted by Gasteiger charge is 2.35. The Morgan fingerprint density at radius 2 is 1.37 bits per heavy atom. The van der Waals surface area contributed by atoms with E-state index in [0.717, 1.165) is 27.1 Å². The van der Waals surface area contributed by atoms with Gasteiger partial charge in [-0.15, -0.1) is 0 Å². The third-order valence-electron chi connectivity index (χ3n) is 8.77. The minimum atomic E-state index is -2.66. The summed E-state index contributed by atoms with van der Waals surface area (Å²) in [6.07, 6.45) is 2.94. The van der Waals surface area contributed by atoms with Crippen LogP contribution >= 0.6 is 0 Å². The molecule has 2 amide bonds. The molecule has 11 heteroatoms. The topological polar surface area (TPSA) is 127 Å². The second-order valence-corrected chi connectivity index (χ2v) is 12.2. The molecule has 2 N–H and O–H groups in total. The summed E-state index contributed by atoms with van der Waals surface area (Å²) in [5.41, 5.74) is 1.94. The number of fused-ring (bicyclic) bond motifs is 3. The van der Waals surface area contributed by atoms with Crippen molar-refractivity contribution in [2.24, 2.45) is 0 Å². The van der Waals surface area contributed by atoms with Crippen molar-refractivity contribution < 1.29 is 22.8 Å². The van der Waals surface area contributed by atoms with Crippen molar-refractivity contribution in [2.45, 2.75) is 37.6 Å². The molecule has 9 nitrogen and oxygen atoms in total. The number of amides is 2. The van der Waals surface area contributed by atoms with Gasteiger partial charge >= 0.3 is 5.63 Å². The van der Waals surface area contributed by atoms with Gasteiger partial charge < -0.3 is 15.1 Å². The van der Waals surface area contributed by atoms with E-state index >= 15 is 0 Å². The molecule has 254 valence electrons. The number of halogens is 2. The summed E-state index contributed by atoms with van der Waals surface area (Å²) in [5, 5.41) is 9.35. The van der Waals surface area contributed by atoms with E-state index in [0.29, 0.717) is 17.0 Å². The number of alkyl halides is 2. The standard InChI is InChI=1S/C23H21F2N3O2.C17H10N2O2/c24-23(25)12-10-16(11-13-23)27-22(30)20-19(9-4-14-26-20)28-21(29)18-8-3-6-15-5-1-2-7-17(15)18;20-17-15-14(9-4-10-18-15)19-16(21-17)13-8-3-6-11-5-1-2-7-12(11)13/h1-9,14,16H,10-13H2,(H,27,30)(H,28,29);1-10H. The Labute approximate surface area is 290 Å². The van der Waals surface area contributed by atoms with Gasteiger partial charge in [0.15, 0.2) is 11.2 Å². The number of aromatic nitrogens is 3. The van der Waals surface area contributed by atoms with Crippen LogP contribution in [-0.2, 0) is 0 Å². The first-order valence-electron chi connectivity index (χ1n) is 16.4. The fourth-order valence-corrected chi connectivity index (χ4v) is 6.18. The number of hydrogen-bond donors (Lipinski definition) is 2. The number of pyridine rings is 2. The van der Waals surface area contributed by atoms with Gasteiger partial charge in [0.1, 0.15) is 5.52 Å². The molecule has 51 heavy (non-hydrogen) atoms. The van der Waals surface area contributed by atoms with Gasteiger partial charge in [-0.1, -0.05) is 72.8 Å². The van der Waals surface area contributed by atoms with Gasteiger partial charge in [0.05, 0.1) is 5.69 Å². The fraction of sp³-hybridized carbons (Fsp3) is 0.150. The van der Waals surface area contributed by atoms with Gasteiger partial charge in [0, 0.05) is 42.4 Å². The normalized spacial score (nSPS) is 14.1. The molecule has 0 atom stereocenters. The molecule has 1 saturated carbocycles. The smallest absolute Gasteiger partial charge is 0.365 e. The maximum Gasteiger partial charge on any atom is 0.365 e. The Kier molecular flexibility index (Phi) is 9.26. The first-order valence-corrected chi connectivity index (χ1v) is 16.4. The summed E-state index contributed by atoms with van der Waals surface area (Å²) >= 11 is 0. The van der Waals surface area contributed by atoms with Gasteiger partial charge in [0.25, 0.3) is 11.8 Å². The van der Waals surface area contributed by atoms with E-state index in [4.69, 9.17) is 4.42 Å². The fourth-order valence-electron chi connectivity index (χ4n) is 6.18. The van der Waals surface area contributed by atoms with Gasteiger partial charge in [-0.2, -0.15) is 0 Å². The second kappa shape index (κ2) is 14.2. The lowest BCUT2D eigenvalue weighted by molar-refractivity contribution is -0.0399. The molecule has 0 aliphatic heterocycles. The molecular weight excluding hydrogens is 652 g/mol. The minimum Gasteiger partial charge on any atom is -0.402 e.